The van der Waals surface area contributed by atoms with Crippen LogP contribution < -0.4 is 5.32 Å². The molecule has 0 bridgehead atoms. The van der Waals surface area contributed by atoms with Crippen molar-refractivity contribution >= 4 is 15.9 Å². The van der Waals surface area contributed by atoms with E-state index in [-0.39, 0.29) is 0 Å². The predicted octanol–water partition coefficient (Wildman–Crippen LogP) is 3.93. The summed E-state index contributed by atoms with van der Waals surface area (Å²) in [6.45, 7) is 7.66. The van der Waals surface area contributed by atoms with Crippen LogP contribution in [0.15, 0.2) is 22.9 Å². The number of nitrogens with zero attached hydrogens (tertiary/aromatic N) is 1. The molecule has 0 aromatic carbocycles. The van der Waals surface area contributed by atoms with Crippen LogP contribution >= 0.6 is 15.9 Å². The van der Waals surface area contributed by atoms with E-state index >= 15 is 0 Å². The van der Waals surface area contributed by atoms with E-state index in [2.05, 4.69) is 53.1 Å². The van der Waals surface area contributed by atoms with Crippen LogP contribution in [0.5, 0.6) is 0 Å². The van der Waals surface area contributed by atoms with Crippen molar-refractivity contribution in [2.75, 3.05) is 6.54 Å². The van der Waals surface area contributed by atoms with Crippen LogP contribution in [0.3, 0.4) is 0 Å². The van der Waals surface area contributed by atoms with Crippen molar-refractivity contribution in [3.63, 3.8) is 0 Å². The van der Waals surface area contributed by atoms with Gasteiger partial charge in [-0.15, -0.1) is 0 Å². The smallest absolute Gasteiger partial charge is 0.0410 e. The molecule has 1 rings (SSSR count). The SMILES string of the molecule is CCNC(c1cncc(Br)c1)C(CC)CC. The minimum atomic E-state index is 0.421. The molecule has 0 aliphatic carbocycles. The summed E-state index contributed by atoms with van der Waals surface area (Å²) in [5.74, 6) is 0.677. The van der Waals surface area contributed by atoms with E-state index in [1.165, 1.54) is 18.4 Å². The molecule has 1 unspecified atom stereocenters. The van der Waals surface area contributed by atoms with Gasteiger partial charge in [-0.1, -0.05) is 33.6 Å². The maximum Gasteiger partial charge on any atom is 0.0410 e. The third-order valence-corrected chi connectivity index (χ3v) is 3.46. The van der Waals surface area contributed by atoms with E-state index in [9.17, 15) is 0 Å². The van der Waals surface area contributed by atoms with Crippen molar-refractivity contribution in [3.05, 3.63) is 28.5 Å². The zero-order valence-electron chi connectivity index (χ0n) is 10.3. The molecular formula is C13H21BrN2. The second kappa shape index (κ2) is 7.02. The summed E-state index contributed by atoms with van der Waals surface area (Å²) in [6, 6.07) is 2.59. The molecule has 0 saturated carbocycles. The van der Waals surface area contributed by atoms with Crippen LogP contribution in [0.4, 0.5) is 0 Å². The molecule has 0 aliphatic rings. The molecule has 1 aromatic rings. The topological polar surface area (TPSA) is 24.9 Å². The second-order valence-corrected chi connectivity index (χ2v) is 4.96. The van der Waals surface area contributed by atoms with Gasteiger partial charge in [-0.3, -0.25) is 4.98 Å². The molecule has 1 N–H and O–H groups in total. The summed E-state index contributed by atoms with van der Waals surface area (Å²) in [5.41, 5.74) is 1.28. The Bertz CT molecular complexity index is 311. The Morgan fingerprint density at radius 3 is 2.44 bits per heavy atom. The summed E-state index contributed by atoms with van der Waals surface area (Å²) in [4.78, 5) is 4.25. The molecule has 1 aromatic heterocycles. The van der Waals surface area contributed by atoms with Crippen molar-refractivity contribution < 1.29 is 0 Å². The average Bonchev–Trinajstić information content (AvgIpc) is 2.29. The lowest BCUT2D eigenvalue weighted by atomic mass is 9.89. The van der Waals surface area contributed by atoms with Gasteiger partial charge in [0.15, 0.2) is 0 Å². The van der Waals surface area contributed by atoms with E-state index in [1.807, 2.05) is 12.4 Å². The summed E-state index contributed by atoms with van der Waals surface area (Å²) in [7, 11) is 0. The number of rotatable bonds is 6. The molecule has 3 heteroatoms. The quantitative estimate of drug-likeness (QED) is 0.856. The van der Waals surface area contributed by atoms with Crippen molar-refractivity contribution in [2.24, 2.45) is 5.92 Å². The number of hydrogen-bond donors (Lipinski definition) is 1. The zero-order chi connectivity index (χ0) is 12.0. The Balaban J connectivity index is 2.91. The third kappa shape index (κ3) is 3.56. The third-order valence-electron chi connectivity index (χ3n) is 3.03. The van der Waals surface area contributed by atoms with Crippen molar-refractivity contribution in [3.8, 4) is 0 Å². The van der Waals surface area contributed by atoms with Crippen molar-refractivity contribution in [1.82, 2.24) is 10.3 Å². The second-order valence-electron chi connectivity index (χ2n) is 4.05. The Labute approximate surface area is 107 Å². The first-order valence-electron chi connectivity index (χ1n) is 6.06. The molecule has 0 radical (unpaired) electrons. The number of pyridine rings is 1. The minimum Gasteiger partial charge on any atom is -0.310 e. The van der Waals surface area contributed by atoms with Gasteiger partial charge in [0.05, 0.1) is 0 Å². The first-order valence-corrected chi connectivity index (χ1v) is 6.86. The molecule has 0 saturated heterocycles. The largest absolute Gasteiger partial charge is 0.310 e. The molecule has 0 aliphatic heterocycles. The van der Waals surface area contributed by atoms with Gasteiger partial charge in [-0.25, -0.2) is 0 Å². The van der Waals surface area contributed by atoms with Gasteiger partial charge in [-0.2, -0.15) is 0 Å². The van der Waals surface area contributed by atoms with Crippen molar-refractivity contribution in [2.45, 2.75) is 39.7 Å². The molecule has 1 atom stereocenters. The minimum absolute atomic E-state index is 0.421. The lowest BCUT2D eigenvalue weighted by Crippen LogP contribution is -2.27. The molecule has 90 valence electrons. The first-order chi connectivity index (χ1) is 7.72. The maximum absolute atomic E-state index is 4.25. The summed E-state index contributed by atoms with van der Waals surface area (Å²) >= 11 is 3.48. The van der Waals surface area contributed by atoms with Gasteiger partial charge in [-0.05, 0) is 40.0 Å². The molecule has 0 fully saturated rings. The highest BCUT2D eigenvalue weighted by Crippen LogP contribution is 2.28. The molecule has 0 amide bonds. The fourth-order valence-electron chi connectivity index (χ4n) is 2.14. The van der Waals surface area contributed by atoms with Gasteiger partial charge >= 0.3 is 0 Å². The first kappa shape index (κ1) is 13.7. The molecular weight excluding hydrogens is 264 g/mol. The predicted molar refractivity (Wildman–Crippen MR) is 72.4 cm³/mol. The monoisotopic (exact) mass is 284 g/mol. The van der Waals surface area contributed by atoms with Gasteiger partial charge in [0, 0.05) is 22.9 Å². The number of halogens is 1. The summed E-state index contributed by atoms with van der Waals surface area (Å²) < 4.78 is 1.05. The highest BCUT2D eigenvalue weighted by molar-refractivity contribution is 9.10. The lowest BCUT2D eigenvalue weighted by molar-refractivity contribution is 0.346. The molecule has 1 heterocycles. The van der Waals surface area contributed by atoms with Gasteiger partial charge in [0.2, 0.25) is 0 Å². The van der Waals surface area contributed by atoms with Crippen LogP contribution in [-0.2, 0) is 0 Å². The van der Waals surface area contributed by atoms with Crippen molar-refractivity contribution in [1.29, 1.82) is 0 Å². The standard InChI is InChI=1S/C13H21BrN2/c1-4-10(5-2)13(16-6-3)11-7-12(14)9-15-8-11/h7-10,13,16H,4-6H2,1-3H3. The van der Waals surface area contributed by atoms with Gasteiger partial charge < -0.3 is 5.32 Å². The van der Waals surface area contributed by atoms with Crippen LogP contribution in [0, 0.1) is 5.92 Å². The van der Waals surface area contributed by atoms with E-state index in [0.717, 1.165) is 11.0 Å². The Morgan fingerprint density at radius 1 is 1.25 bits per heavy atom. The summed E-state index contributed by atoms with van der Waals surface area (Å²) in [6.07, 6.45) is 6.19. The highest BCUT2D eigenvalue weighted by atomic mass is 79.9. The molecule has 16 heavy (non-hydrogen) atoms. The zero-order valence-corrected chi connectivity index (χ0v) is 11.9. The molecule has 0 spiro atoms. The van der Waals surface area contributed by atoms with Gasteiger partial charge in [0.1, 0.15) is 0 Å². The Hall–Kier alpha value is -0.410. The maximum atomic E-state index is 4.25. The Morgan fingerprint density at radius 2 is 1.94 bits per heavy atom. The number of hydrogen-bond acceptors (Lipinski definition) is 2. The van der Waals surface area contributed by atoms with Crippen LogP contribution in [0.1, 0.15) is 45.2 Å². The van der Waals surface area contributed by atoms with Crippen LogP contribution in [0.2, 0.25) is 0 Å². The fraction of sp³-hybridized carbons (Fsp3) is 0.615. The summed E-state index contributed by atoms with van der Waals surface area (Å²) in [5, 5.41) is 3.57. The van der Waals surface area contributed by atoms with E-state index in [1.54, 1.807) is 0 Å². The highest BCUT2D eigenvalue weighted by Gasteiger charge is 2.19. The van der Waals surface area contributed by atoms with Crippen LogP contribution in [-0.4, -0.2) is 11.5 Å². The fourth-order valence-corrected chi connectivity index (χ4v) is 2.52. The number of nitrogens with one attached hydrogen (secondary N) is 1. The molecule has 2 nitrogen and oxygen atoms in total. The Kier molecular flexibility index (Phi) is 5.99. The van der Waals surface area contributed by atoms with E-state index in [0.29, 0.717) is 12.0 Å². The lowest BCUT2D eigenvalue weighted by Gasteiger charge is -2.26. The normalized spacial score (nSPS) is 13.1. The average molecular weight is 285 g/mol. The van der Waals surface area contributed by atoms with Gasteiger partial charge in [0.25, 0.3) is 0 Å². The van der Waals surface area contributed by atoms with E-state index in [4.69, 9.17) is 0 Å². The van der Waals surface area contributed by atoms with E-state index < -0.39 is 0 Å². The van der Waals surface area contributed by atoms with Crippen LogP contribution in [0.25, 0.3) is 0 Å². The number of aromatic nitrogens is 1.